The van der Waals surface area contributed by atoms with Gasteiger partial charge in [-0.25, -0.2) is 14.4 Å². The Bertz CT molecular complexity index is 1120. The number of nitrogens with one attached hydrogen (secondary N) is 1. The van der Waals surface area contributed by atoms with Gasteiger partial charge in [0.1, 0.15) is 17.7 Å². The smallest absolute Gasteiger partial charge is 0.252 e. The summed E-state index contributed by atoms with van der Waals surface area (Å²) in [6.07, 6.45) is 7.48. The molecule has 2 aromatic heterocycles. The summed E-state index contributed by atoms with van der Waals surface area (Å²) in [6, 6.07) is 11.6. The van der Waals surface area contributed by atoms with Crippen LogP contribution in [0.25, 0.3) is 11.3 Å². The lowest BCUT2D eigenvalue weighted by molar-refractivity contribution is -0.147. The van der Waals surface area contributed by atoms with Gasteiger partial charge in [0.25, 0.3) is 5.91 Å². The van der Waals surface area contributed by atoms with Crippen LogP contribution in [0.3, 0.4) is 0 Å². The number of aromatic nitrogens is 3. The summed E-state index contributed by atoms with van der Waals surface area (Å²) in [6.45, 7) is 1.30. The second kappa shape index (κ2) is 9.62. The number of carbonyl (C=O) groups is 1. The molecule has 0 bridgehead atoms. The Morgan fingerprint density at radius 2 is 1.94 bits per heavy atom. The molecule has 2 fully saturated rings. The van der Waals surface area contributed by atoms with Crippen LogP contribution in [0.1, 0.15) is 44.0 Å². The Hall–Kier alpha value is -3.39. The highest BCUT2D eigenvalue weighted by Gasteiger charge is 2.36. The third-order valence-corrected chi connectivity index (χ3v) is 6.11. The van der Waals surface area contributed by atoms with E-state index in [-0.39, 0.29) is 23.9 Å². The second-order valence-corrected chi connectivity index (χ2v) is 8.41. The number of anilines is 2. The zero-order valence-corrected chi connectivity index (χ0v) is 18.3. The molecule has 1 amide bonds. The first-order valence-electron chi connectivity index (χ1n) is 11.4. The maximum Gasteiger partial charge on any atom is 0.252 e. The van der Waals surface area contributed by atoms with E-state index in [1.54, 1.807) is 24.5 Å². The molecule has 33 heavy (non-hydrogen) atoms. The maximum atomic E-state index is 13.7. The summed E-state index contributed by atoms with van der Waals surface area (Å²) in [5.74, 6) is 0.814. The number of hydrogen-bond donors (Lipinski definition) is 1. The molecule has 0 unspecified atom stereocenters. The number of nitrogens with zero attached hydrogens (tertiary/aromatic N) is 4. The molecule has 2 aliphatic rings. The SMILES string of the molecule is O=C([C@@H]1CCCCO1)N1CCC[C@@H]1c1nc(Nc2cccc(F)c2)cc(-c2ccncc2)n1. The van der Waals surface area contributed by atoms with Crippen molar-refractivity contribution in [2.75, 3.05) is 18.5 Å². The fourth-order valence-corrected chi connectivity index (χ4v) is 4.48. The van der Waals surface area contributed by atoms with E-state index in [1.807, 2.05) is 23.1 Å². The van der Waals surface area contributed by atoms with E-state index >= 15 is 0 Å². The van der Waals surface area contributed by atoms with Gasteiger partial charge in [-0.05, 0) is 62.4 Å². The van der Waals surface area contributed by atoms with Crippen molar-refractivity contribution < 1.29 is 13.9 Å². The van der Waals surface area contributed by atoms with E-state index in [0.717, 1.165) is 43.4 Å². The van der Waals surface area contributed by atoms with Crippen LogP contribution in [0.15, 0.2) is 54.9 Å². The third kappa shape index (κ3) is 4.85. The van der Waals surface area contributed by atoms with Crippen molar-refractivity contribution in [1.82, 2.24) is 19.9 Å². The fraction of sp³-hybridized carbons (Fsp3) is 0.360. The summed E-state index contributed by atoms with van der Waals surface area (Å²) in [7, 11) is 0. The van der Waals surface area contributed by atoms with Crippen LogP contribution < -0.4 is 5.32 Å². The molecule has 2 saturated heterocycles. The van der Waals surface area contributed by atoms with Gasteiger partial charge in [0.2, 0.25) is 0 Å². The predicted molar refractivity (Wildman–Crippen MR) is 122 cm³/mol. The summed E-state index contributed by atoms with van der Waals surface area (Å²) in [5, 5.41) is 3.19. The average Bonchev–Trinajstić information content (AvgIpc) is 3.35. The van der Waals surface area contributed by atoms with Gasteiger partial charge in [0.05, 0.1) is 11.7 Å². The number of pyridine rings is 1. The molecule has 2 aliphatic heterocycles. The Morgan fingerprint density at radius 3 is 2.73 bits per heavy atom. The van der Waals surface area contributed by atoms with Crippen LogP contribution >= 0.6 is 0 Å². The highest BCUT2D eigenvalue weighted by atomic mass is 19.1. The molecule has 0 spiro atoms. The standard InChI is InChI=1S/C25H26FN5O2/c26-18-5-3-6-19(15-18)28-23-16-20(17-9-11-27-12-10-17)29-24(30-23)21-7-4-13-31(21)25(32)22-8-1-2-14-33-22/h3,5-6,9-12,15-16,21-22H,1-2,4,7-8,13-14H2,(H,28,29,30)/t21-,22+/m1/s1. The first-order chi connectivity index (χ1) is 16.2. The molecule has 5 rings (SSSR count). The zero-order valence-electron chi connectivity index (χ0n) is 18.3. The molecule has 2 atom stereocenters. The van der Waals surface area contributed by atoms with Gasteiger partial charge < -0.3 is 15.0 Å². The molecule has 1 N–H and O–H groups in total. The van der Waals surface area contributed by atoms with Gasteiger partial charge in [-0.3, -0.25) is 9.78 Å². The third-order valence-electron chi connectivity index (χ3n) is 6.11. The number of carbonyl (C=O) groups excluding carboxylic acids is 1. The molecule has 4 heterocycles. The highest BCUT2D eigenvalue weighted by molar-refractivity contribution is 5.81. The summed E-state index contributed by atoms with van der Waals surface area (Å²) in [5.41, 5.74) is 2.20. The van der Waals surface area contributed by atoms with Crippen molar-refractivity contribution in [3.63, 3.8) is 0 Å². The van der Waals surface area contributed by atoms with E-state index in [0.29, 0.717) is 30.5 Å². The number of likely N-dealkylation sites (tertiary alicyclic amines) is 1. The van der Waals surface area contributed by atoms with Crippen molar-refractivity contribution in [1.29, 1.82) is 0 Å². The maximum absolute atomic E-state index is 13.7. The first-order valence-corrected chi connectivity index (χ1v) is 11.4. The molecule has 0 aliphatic carbocycles. The number of ether oxygens (including phenoxy) is 1. The fourth-order valence-electron chi connectivity index (χ4n) is 4.48. The number of amides is 1. The Morgan fingerprint density at radius 1 is 1.06 bits per heavy atom. The van der Waals surface area contributed by atoms with Crippen LogP contribution in [0.5, 0.6) is 0 Å². The van der Waals surface area contributed by atoms with Crippen LogP contribution in [-0.2, 0) is 9.53 Å². The minimum Gasteiger partial charge on any atom is -0.368 e. The molecule has 0 saturated carbocycles. The molecular weight excluding hydrogens is 421 g/mol. The van der Waals surface area contributed by atoms with Crippen molar-refractivity contribution in [2.45, 2.75) is 44.2 Å². The Balaban J connectivity index is 1.49. The summed E-state index contributed by atoms with van der Waals surface area (Å²) in [4.78, 5) is 28.8. The van der Waals surface area contributed by atoms with Crippen molar-refractivity contribution in [3.05, 3.63) is 66.5 Å². The molecule has 1 aromatic carbocycles. The summed E-state index contributed by atoms with van der Waals surface area (Å²) >= 11 is 0. The van der Waals surface area contributed by atoms with Crippen molar-refractivity contribution in [2.24, 2.45) is 0 Å². The number of benzene rings is 1. The number of rotatable bonds is 5. The van der Waals surface area contributed by atoms with Crippen molar-refractivity contribution >= 4 is 17.4 Å². The first kappa shape index (κ1) is 21.5. The van der Waals surface area contributed by atoms with Gasteiger partial charge in [0, 0.05) is 42.9 Å². The van der Waals surface area contributed by atoms with E-state index in [4.69, 9.17) is 14.7 Å². The monoisotopic (exact) mass is 447 g/mol. The topological polar surface area (TPSA) is 80.2 Å². The van der Waals surface area contributed by atoms with Crippen LogP contribution in [0.2, 0.25) is 0 Å². The van der Waals surface area contributed by atoms with Crippen LogP contribution in [0, 0.1) is 5.82 Å². The minimum atomic E-state index is -0.382. The van der Waals surface area contributed by atoms with E-state index in [9.17, 15) is 9.18 Å². The average molecular weight is 448 g/mol. The molecule has 0 radical (unpaired) electrons. The van der Waals surface area contributed by atoms with Crippen molar-refractivity contribution in [3.8, 4) is 11.3 Å². The molecule has 170 valence electrons. The van der Waals surface area contributed by atoms with E-state index < -0.39 is 0 Å². The lowest BCUT2D eigenvalue weighted by Crippen LogP contribution is -2.41. The largest absolute Gasteiger partial charge is 0.368 e. The molecule has 8 heteroatoms. The van der Waals surface area contributed by atoms with Crippen LogP contribution in [0.4, 0.5) is 15.9 Å². The number of halogens is 1. The van der Waals surface area contributed by atoms with E-state index in [2.05, 4.69) is 10.3 Å². The predicted octanol–water partition coefficient (Wildman–Crippen LogP) is 4.65. The lowest BCUT2D eigenvalue weighted by atomic mass is 10.1. The zero-order chi connectivity index (χ0) is 22.6. The molecule has 7 nitrogen and oxygen atoms in total. The molecule has 3 aromatic rings. The lowest BCUT2D eigenvalue weighted by Gasteiger charge is -2.30. The number of hydrogen-bond acceptors (Lipinski definition) is 6. The van der Waals surface area contributed by atoms with E-state index in [1.165, 1.54) is 12.1 Å². The van der Waals surface area contributed by atoms with Gasteiger partial charge in [0.15, 0.2) is 5.82 Å². The Kier molecular flexibility index (Phi) is 6.26. The quantitative estimate of drug-likeness (QED) is 0.613. The highest BCUT2D eigenvalue weighted by Crippen LogP contribution is 2.34. The van der Waals surface area contributed by atoms with Gasteiger partial charge in [-0.1, -0.05) is 6.07 Å². The van der Waals surface area contributed by atoms with Gasteiger partial charge in [-0.15, -0.1) is 0 Å². The normalized spacial score (nSPS) is 20.6. The summed E-state index contributed by atoms with van der Waals surface area (Å²) < 4.78 is 19.5. The van der Waals surface area contributed by atoms with Gasteiger partial charge >= 0.3 is 0 Å². The Labute approximate surface area is 192 Å². The van der Waals surface area contributed by atoms with Crippen LogP contribution in [-0.4, -0.2) is 45.0 Å². The minimum absolute atomic E-state index is 0.0229. The second-order valence-electron chi connectivity index (χ2n) is 8.41. The molecular formula is C25H26FN5O2. The van der Waals surface area contributed by atoms with Gasteiger partial charge in [-0.2, -0.15) is 0 Å².